The van der Waals surface area contributed by atoms with Gasteiger partial charge in [0.15, 0.2) is 0 Å². The first-order valence-electron chi connectivity index (χ1n) is 5.59. The molecule has 0 aliphatic heterocycles. The second-order valence-corrected chi connectivity index (χ2v) is 6.26. The van der Waals surface area contributed by atoms with Crippen LogP contribution in [0.2, 0.25) is 0 Å². The van der Waals surface area contributed by atoms with E-state index in [1.165, 1.54) is 14.0 Å². The number of hydrogen-bond acceptors (Lipinski definition) is 7. The van der Waals surface area contributed by atoms with Crippen molar-refractivity contribution in [3.05, 3.63) is 28.3 Å². The number of sulfonamides is 1. The molecule has 4 N–H and O–H groups in total. The number of rotatable bonds is 6. The maximum atomic E-state index is 12.2. The summed E-state index contributed by atoms with van der Waals surface area (Å²) in [4.78, 5) is 9.91. The second kappa shape index (κ2) is 6.13. The molecule has 0 spiro atoms. The molecule has 1 unspecified atom stereocenters. The van der Waals surface area contributed by atoms with Gasteiger partial charge in [0.2, 0.25) is 10.0 Å². The molecule has 1 aromatic carbocycles. The molecule has 9 nitrogen and oxygen atoms in total. The standard InChI is InChI=1S/C10H16N4O5S/c1-7(15)6-13(2)20(18,19)8-3-4-10(14(16)17)9(5-8)12-11/h3-5,7,12,15H,6,11H2,1-2H3. The van der Waals surface area contributed by atoms with Crippen LogP contribution in [0.25, 0.3) is 0 Å². The van der Waals surface area contributed by atoms with E-state index in [1.807, 2.05) is 0 Å². The SMILES string of the molecule is CC(O)CN(C)S(=O)(=O)c1ccc([N+](=O)[O-])c(NN)c1. The summed E-state index contributed by atoms with van der Waals surface area (Å²) in [5, 5.41) is 20.0. The van der Waals surface area contributed by atoms with Crippen molar-refractivity contribution in [1.82, 2.24) is 4.31 Å². The summed E-state index contributed by atoms with van der Waals surface area (Å²) in [6.45, 7) is 1.36. The third kappa shape index (κ3) is 3.42. The van der Waals surface area contributed by atoms with Gasteiger partial charge in [-0.2, -0.15) is 4.31 Å². The van der Waals surface area contributed by atoms with Gasteiger partial charge in [-0.25, -0.2) is 8.42 Å². The normalized spacial score (nSPS) is 13.2. The number of nitrogens with one attached hydrogen (secondary N) is 1. The van der Waals surface area contributed by atoms with E-state index in [1.54, 1.807) is 0 Å². The molecule has 0 fully saturated rings. The zero-order chi connectivity index (χ0) is 15.5. The van der Waals surface area contributed by atoms with Gasteiger partial charge in [0, 0.05) is 19.7 Å². The fourth-order valence-corrected chi connectivity index (χ4v) is 2.88. The molecule has 1 aromatic rings. The molecule has 0 bridgehead atoms. The molecule has 0 amide bonds. The molecule has 112 valence electrons. The van der Waals surface area contributed by atoms with Crippen LogP contribution < -0.4 is 11.3 Å². The topological polar surface area (TPSA) is 139 Å². The lowest BCUT2D eigenvalue weighted by Gasteiger charge is -2.19. The first kappa shape index (κ1) is 16.3. The lowest BCUT2D eigenvalue weighted by molar-refractivity contribution is -0.384. The number of hydrazine groups is 1. The second-order valence-electron chi connectivity index (χ2n) is 4.21. The first-order chi connectivity index (χ1) is 9.20. The Bertz CT molecular complexity index is 602. The fourth-order valence-electron chi connectivity index (χ4n) is 1.60. The van der Waals surface area contributed by atoms with Gasteiger partial charge >= 0.3 is 0 Å². The highest BCUT2D eigenvalue weighted by Crippen LogP contribution is 2.27. The highest BCUT2D eigenvalue weighted by Gasteiger charge is 2.24. The maximum absolute atomic E-state index is 12.2. The van der Waals surface area contributed by atoms with Crippen molar-refractivity contribution in [2.45, 2.75) is 17.9 Å². The molecular formula is C10H16N4O5S. The van der Waals surface area contributed by atoms with Gasteiger partial charge in [0.1, 0.15) is 5.69 Å². The lowest BCUT2D eigenvalue weighted by Crippen LogP contribution is -2.33. The molecule has 20 heavy (non-hydrogen) atoms. The Hall–Kier alpha value is -1.75. The number of benzene rings is 1. The van der Waals surface area contributed by atoms with Gasteiger partial charge in [-0.05, 0) is 19.1 Å². The number of aliphatic hydroxyl groups is 1. The molecule has 0 aliphatic carbocycles. The van der Waals surface area contributed by atoms with Crippen LogP contribution >= 0.6 is 0 Å². The summed E-state index contributed by atoms with van der Waals surface area (Å²) in [6, 6.07) is 3.25. The number of likely N-dealkylation sites (N-methyl/N-ethyl adjacent to an activating group) is 1. The Balaban J connectivity index is 3.23. The van der Waals surface area contributed by atoms with Crippen molar-refractivity contribution in [2.24, 2.45) is 5.84 Å². The average molecular weight is 304 g/mol. The summed E-state index contributed by atoms with van der Waals surface area (Å²) in [6.07, 6.45) is -0.833. The van der Waals surface area contributed by atoms with Crippen LogP contribution in [-0.4, -0.2) is 42.4 Å². The van der Waals surface area contributed by atoms with Crippen LogP contribution in [0.15, 0.2) is 23.1 Å². The number of aliphatic hydroxyl groups excluding tert-OH is 1. The smallest absolute Gasteiger partial charge is 0.293 e. The van der Waals surface area contributed by atoms with Crippen molar-refractivity contribution in [3.63, 3.8) is 0 Å². The Kier molecular flexibility index (Phi) is 5.00. The summed E-state index contributed by atoms with van der Waals surface area (Å²) in [5.74, 6) is 5.15. The lowest BCUT2D eigenvalue weighted by atomic mass is 10.3. The van der Waals surface area contributed by atoms with Crippen molar-refractivity contribution in [2.75, 3.05) is 19.0 Å². The number of nitro benzene ring substituents is 1. The number of nitrogen functional groups attached to an aromatic ring is 1. The van der Waals surface area contributed by atoms with E-state index >= 15 is 0 Å². The predicted molar refractivity (Wildman–Crippen MR) is 72.4 cm³/mol. The number of hydrogen-bond donors (Lipinski definition) is 3. The van der Waals surface area contributed by atoms with Crippen LogP contribution in [0.3, 0.4) is 0 Å². The molecule has 0 aromatic heterocycles. The van der Waals surface area contributed by atoms with Crippen LogP contribution in [0, 0.1) is 10.1 Å². The molecule has 0 aliphatic rings. The van der Waals surface area contributed by atoms with Crippen LogP contribution in [0.5, 0.6) is 0 Å². The summed E-state index contributed by atoms with van der Waals surface area (Å²) in [5.41, 5.74) is 1.66. The van der Waals surface area contributed by atoms with E-state index in [0.717, 1.165) is 22.5 Å². The molecule has 0 heterocycles. The third-order valence-electron chi connectivity index (χ3n) is 2.55. The maximum Gasteiger partial charge on any atom is 0.293 e. The molecule has 0 radical (unpaired) electrons. The van der Waals surface area contributed by atoms with E-state index in [4.69, 9.17) is 5.84 Å². The van der Waals surface area contributed by atoms with Gasteiger partial charge in [-0.3, -0.25) is 16.0 Å². The zero-order valence-corrected chi connectivity index (χ0v) is 11.8. The molecule has 1 atom stereocenters. The summed E-state index contributed by atoms with van der Waals surface area (Å²) in [7, 11) is -2.55. The van der Waals surface area contributed by atoms with E-state index < -0.39 is 21.1 Å². The summed E-state index contributed by atoms with van der Waals surface area (Å²) < 4.78 is 25.3. The van der Waals surface area contributed by atoms with Crippen molar-refractivity contribution in [1.29, 1.82) is 0 Å². The third-order valence-corrected chi connectivity index (χ3v) is 4.37. The van der Waals surface area contributed by atoms with Gasteiger partial charge in [0.25, 0.3) is 5.69 Å². The minimum Gasteiger partial charge on any atom is -0.392 e. The number of anilines is 1. The van der Waals surface area contributed by atoms with Crippen molar-refractivity contribution < 1.29 is 18.4 Å². The molecular weight excluding hydrogens is 288 g/mol. The van der Waals surface area contributed by atoms with Crippen molar-refractivity contribution >= 4 is 21.4 Å². The predicted octanol–water partition coefficient (Wildman–Crippen LogP) is -0.118. The number of nitro groups is 1. The van der Waals surface area contributed by atoms with Crippen LogP contribution in [0.1, 0.15) is 6.92 Å². The molecule has 1 rings (SSSR count). The quantitative estimate of drug-likeness (QED) is 0.378. The highest BCUT2D eigenvalue weighted by atomic mass is 32.2. The Labute approximate surface area is 116 Å². The van der Waals surface area contributed by atoms with Crippen LogP contribution in [-0.2, 0) is 10.0 Å². The van der Waals surface area contributed by atoms with E-state index in [9.17, 15) is 23.6 Å². The van der Waals surface area contributed by atoms with Gasteiger partial charge in [0.05, 0.1) is 15.9 Å². The largest absolute Gasteiger partial charge is 0.392 e. The number of nitrogens with two attached hydrogens (primary N) is 1. The molecule has 0 saturated heterocycles. The van der Waals surface area contributed by atoms with E-state index in [2.05, 4.69) is 5.43 Å². The fraction of sp³-hybridized carbons (Fsp3) is 0.400. The average Bonchev–Trinajstić information content (AvgIpc) is 2.36. The van der Waals surface area contributed by atoms with Gasteiger partial charge < -0.3 is 10.5 Å². The van der Waals surface area contributed by atoms with E-state index in [-0.39, 0.29) is 22.8 Å². The Morgan fingerprint density at radius 2 is 2.15 bits per heavy atom. The first-order valence-corrected chi connectivity index (χ1v) is 7.03. The minimum atomic E-state index is -3.85. The van der Waals surface area contributed by atoms with Crippen LogP contribution in [0.4, 0.5) is 11.4 Å². The van der Waals surface area contributed by atoms with E-state index in [0.29, 0.717) is 0 Å². The highest BCUT2D eigenvalue weighted by molar-refractivity contribution is 7.89. The number of nitrogens with zero attached hydrogens (tertiary/aromatic N) is 2. The van der Waals surface area contributed by atoms with Crippen molar-refractivity contribution in [3.8, 4) is 0 Å². The molecule has 10 heteroatoms. The zero-order valence-electron chi connectivity index (χ0n) is 11.0. The Morgan fingerprint density at radius 3 is 2.60 bits per heavy atom. The Morgan fingerprint density at radius 1 is 1.55 bits per heavy atom. The minimum absolute atomic E-state index is 0.0926. The molecule has 0 saturated carbocycles. The van der Waals surface area contributed by atoms with Gasteiger partial charge in [-0.1, -0.05) is 0 Å². The summed E-state index contributed by atoms with van der Waals surface area (Å²) >= 11 is 0. The monoisotopic (exact) mass is 304 g/mol. The van der Waals surface area contributed by atoms with Gasteiger partial charge in [-0.15, -0.1) is 0 Å².